The summed E-state index contributed by atoms with van der Waals surface area (Å²) in [4.78, 5) is 10.0. The van der Waals surface area contributed by atoms with Crippen LogP contribution < -0.4 is 5.36 Å². The Morgan fingerprint density at radius 1 is 0.960 bits per heavy atom. The van der Waals surface area contributed by atoms with Gasteiger partial charge in [0.1, 0.15) is 0 Å². The maximum absolute atomic E-state index is 11.1. The Kier molecular flexibility index (Phi) is 3.84. The molecule has 2 aromatic rings. The molecule has 0 radical (unpaired) electrons. The molecule has 0 saturated heterocycles. The first-order chi connectivity index (χ1) is 12.0. The Labute approximate surface area is 148 Å². The molecule has 124 valence electrons. The van der Waals surface area contributed by atoms with Crippen LogP contribution in [0.2, 0.25) is 0 Å². The fraction of sp³-hybridized carbons (Fsp3) is 0. The number of nitrogens with zero attached hydrogens (tertiary/aromatic N) is 2. The Morgan fingerprint density at radius 3 is 2.48 bits per heavy atom. The summed E-state index contributed by atoms with van der Waals surface area (Å²) in [5, 5.41) is 0.750. The first kappa shape index (κ1) is 15.9. The molecule has 7 heteroatoms. The highest BCUT2D eigenvalue weighted by Crippen LogP contribution is 2.29. The van der Waals surface area contributed by atoms with E-state index in [1.807, 2.05) is 42.5 Å². The molecule has 1 heterocycles. The zero-order valence-electron chi connectivity index (χ0n) is 12.8. The van der Waals surface area contributed by atoms with Gasteiger partial charge in [-0.15, -0.1) is 11.3 Å². The molecule has 2 aliphatic rings. The minimum atomic E-state index is -4.19. The topological polar surface area (TPSA) is 79.6 Å². The van der Waals surface area contributed by atoms with Gasteiger partial charge in [-0.25, -0.2) is 9.98 Å². The second kappa shape index (κ2) is 6.03. The summed E-state index contributed by atoms with van der Waals surface area (Å²) in [7, 11) is -4.19. The standard InChI is InChI=1S/C18H12N2O3S2/c21-25(22,23)14-8-5-12(6-9-14)19-13-7-10-16-18(11-13)24-17-4-2-1-3-15(17)20-16/h1-11H,(H,21,22,23)/b19-13+. The molecule has 1 aliphatic heterocycles. The monoisotopic (exact) mass is 368 g/mol. The van der Waals surface area contributed by atoms with Crippen LogP contribution in [0.1, 0.15) is 0 Å². The van der Waals surface area contributed by atoms with Crippen molar-refractivity contribution in [3.05, 3.63) is 72.1 Å². The van der Waals surface area contributed by atoms with E-state index in [1.54, 1.807) is 23.5 Å². The highest BCUT2D eigenvalue weighted by atomic mass is 32.2. The van der Waals surface area contributed by atoms with Gasteiger partial charge < -0.3 is 0 Å². The summed E-state index contributed by atoms with van der Waals surface area (Å²) in [6.07, 6.45) is 0. The molecule has 0 bridgehead atoms. The molecule has 0 unspecified atom stereocenters. The van der Waals surface area contributed by atoms with E-state index in [-0.39, 0.29) is 4.90 Å². The van der Waals surface area contributed by atoms with Crippen LogP contribution in [0.25, 0.3) is 20.8 Å². The fourth-order valence-electron chi connectivity index (χ4n) is 2.47. The minimum absolute atomic E-state index is 0.150. The molecular formula is C18H12N2O3S2. The smallest absolute Gasteiger partial charge is 0.282 e. The van der Waals surface area contributed by atoms with Crippen molar-refractivity contribution in [2.24, 2.45) is 4.99 Å². The summed E-state index contributed by atoms with van der Waals surface area (Å²) in [6, 6.07) is 19.5. The van der Waals surface area contributed by atoms with E-state index in [2.05, 4.69) is 9.98 Å². The molecule has 25 heavy (non-hydrogen) atoms. The maximum atomic E-state index is 11.1. The summed E-state index contributed by atoms with van der Waals surface area (Å²) < 4.78 is 32.3. The lowest BCUT2D eigenvalue weighted by Gasteiger charge is -2.05. The van der Waals surface area contributed by atoms with Gasteiger partial charge >= 0.3 is 0 Å². The quantitative estimate of drug-likeness (QED) is 0.430. The molecule has 0 fully saturated rings. The van der Waals surface area contributed by atoms with Crippen LogP contribution in [0.15, 0.2) is 76.6 Å². The van der Waals surface area contributed by atoms with Crippen LogP contribution in [0.5, 0.6) is 0 Å². The van der Waals surface area contributed by atoms with Crippen LogP contribution in [0.4, 0.5) is 5.69 Å². The van der Waals surface area contributed by atoms with Crippen molar-refractivity contribution in [1.29, 1.82) is 0 Å². The molecule has 1 N–H and O–H groups in total. The van der Waals surface area contributed by atoms with E-state index in [9.17, 15) is 8.42 Å². The lowest BCUT2D eigenvalue weighted by Crippen LogP contribution is -2.01. The van der Waals surface area contributed by atoms with Crippen molar-refractivity contribution in [2.75, 3.05) is 0 Å². The van der Waals surface area contributed by atoms with Crippen LogP contribution in [-0.4, -0.2) is 18.0 Å². The SMILES string of the molecule is O=S(=O)(O)c1ccc(/N=c2\ccc3nc4ccccc4sc-3c2)cc1. The van der Waals surface area contributed by atoms with Gasteiger partial charge in [0.2, 0.25) is 0 Å². The third kappa shape index (κ3) is 3.30. The van der Waals surface area contributed by atoms with Gasteiger partial charge in [0.15, 0.2) is 0 Å². The Hall–Kier alpha value is -2.61. The predicted octanol–water partition coefficient (Wildman–Crippen LogP) is 3.88. The van der Waals surface area contributed by atoms with E-state index < -0.39 is 10.1 Å². The van der Waals surface area contributed by atoms with Crippen molar-refractivity contribution >= 4 is 37.4 Å². The lowest BCUT2D eigenvalue weighted by atomic mass is 10.2. The third-order valence-electron chi connectivity index (χ3n) is 3.66. The molecule has 0 atom stereocenters. The van der Waals surface area contributed by atoms with Crippen LogP contribution in [-0.2, 0) is 10.1 Å². The van der Waals surface area contributed by atoms with Gasteiger partial charge in [-0.2, -0.15) is 8.42 Å². The zero-order chi connectivity index (χ0) is 17.4. The molecule has 1 aliphatic carbocycles. The molecular weight excluding hydrogens is 356 g/mol. The molecule has 4 rings (SSSR count). The summed E-state index contributed by atoms with van der Waals surface area (Å²) in [5.41, 5.74) is 2.47. The van der Waals surface area contributed by atoms with Gasteiger partial charge in [-0.1, -0.05) is 12.1 Å². The lowest BCUT2D eigenvalue weighted by molar-refractivity contribution is 0.483. The highest BCUT2D eigenvalue weighted by Gasteiger charge is 2.09. The Balaban J connectivity index is 1.80. The average Bonchev–Trinajstić information content (AvgIpc) is 2.59. The number of hydrogen-bond donors (Lipinski definition) is 1. The number of rotatable bonds is 2. The first-order valence-corrected chi connectivity index (χ1v) is 9.67. The molecule has 0 aromatic heterocycles. The molecule has 0 amide bonds. The zero-order valence-corrected chi connectivity index (χ0v) is 14.5. The van der Waals surface area contributed by atoms with Crippen molar-refractivity contribution in [3.8, 4) is 10.6 Å². The molecule has 2 aromatic carbocycles. The van der Waals surface area contributed by atoms with Crippen molar-refractivity contribution in [3.63, 3.8) is 0 Å². The van der Waals surface area contributed by atoms with E-state index in [0.29, 0.717) is 5.69 Å². The van der Waals surface area contributed by atoms with Gasteiger partial charge in [0.05, 0.1) is 36.7 Å². The van der Waals surface area contributed by atoms with Crippen molar-refractivity contribution in [2.45, 2.75) is 4.90 Å². The van der Waals surface area contributed by atoms with Crippen molar-refractivity contribution in [1.82, 2.24) is 4.98 Å². The van der Waals surface area contributed by atoms with Gasteiger partial charge in [-0.3, -0.25) is 4.55 Å². The molecule has 5 nitrogen and oxygen atoms in total. The maximum Gasteiger partial charge on any atom is 0.294 e. The number of benzene rings is 3. The van der Waals surface area contributed by atoms with Gasteiger partial charge in [0.25, 0.3) is 10.1 Å². The van der Waals surface area contributed by atoms with Crippen LogP contribution in [0, 0.1) is 0 Å². The second-order valence-electron chi connectivity index (χ2n) is 5.41. The van der Waals surface area contributed by atoms with Crippen LogP contribution >= 0.6 is 11.3 Å². The Morgan fingerprint density at radius 2 is 1.72 bits per heavy atom. The molecule has 0 saturated carbocycles. The first-order valence-electron chi connectivity index (χ1n) is 7.41. The highest BCUT2D eigenvalue weighted by molar-refractivity contribution is 7.85. The second-order valence-corrected chi connectivity index (χ2v) is 7.92. The van der Waals surface area contributed by atoms with E-state index in [1.165, 1.54) is 12.1 Å². The average molecular weight is 368 g/mol. The third-order valence-corrected chi connectivity index (χ3v) is 5.64. The van der Waals surface area contributed by atoms with Crippen molar-refractivity contribution < 1.29 is 13.0 Å². The van der Waals surface area contributed by atoms with Crippen LogP contribution in [0.3, 0.4) is 0 Å². The summed E-state index contributed by atoms with van der Waals surface area (Å²) in [5.74, 6) is 0. The molecule has 0 spiro atoms. The fourth-order valence-corrected chi connectivity index (χ4v) is 3.95. The van der Waals surface area contributed by atoms with E-state index in [4.69, 9.17) is 4.55 Å². The summed E-state index contributed by atoms with van der Waals surface area (Å²) >= 11 is 1.65. The summed E-state index contributed by atoms with van der Waals surface area (Å²) in [6.45, 7) is 0. The van der Waals surface area contributed by atoms with E-state index >= 15 is 0 Å². The van der Waals surface area contributed by atoms with Gasteiger partial charge in [-0.05, 0) is 54.6 Å². The van der Waals surface area contributed by atoms with Gasteiger partial charge in [0, 0.05) is 0 Å². The Bertz CT molecular complexity index is 1210. The number of para-hydroxylation sites is 1. The largest absolute Gasteiger partial charge is 0.294 e. The number of aromatic nitrogens is 1. The normalized spacial score (nSPS) is 12.8. The number of hydrogen-bond acceptors (Lipinski definition) is 5. The predicted molar refractivity (Wildman–Crippen MR) is 97.7 cm³/mol. The minimum Gasteiger partial charge on any atom is -0.282 e. The number of fused-ring (bicyclic) bond motifs is 2. The van der Waals surface area contributed by atoms with E-state index in [0.717, 1.165) is 26.1 Å².